The van der Waals surface area contributed by atoms with Gasteiger partial charge < -0.3 is 15.2 Å². The minimum absolute atomic E-state index is 0.328. The summed E-state index contributed by atoms with van der Waals surface area (Å²) in [6, 6.07) is 12.3. The van der Waals surface area contributed by atoms with Crippen molar-refractivity contribution in [3.63, 3.8) is 0 Å². The van der Waals surface area contributed by atoms with Crippen LogP contribution in [0.2, 0.25) is 0 Å². The number of benzene rings is 2. The summed E-state index contributed by atoms with van der Waals surface area (Å²) in [4.78, 5) is 8.80. The lowest BCUT2D eigenvalue weighted by Crippen LogP contribution is -2.26. The Kier molecular flexibility index (Phi) is 4.84. The van der Waals surface area contributed by atoms with E-state index in [4.69, 9.17) is 9.84 Å². The van der Waals surface area contributed by atoms with Gasteiger partial charge in [-0.25, -0.2) is 14.6 Å². The van der Waals surface area contributed by atoms with Crippen molar-refractivity contribution >= 4 is 27.6 Å². The molecule has 0 aliphatic heterocycles. The fraction of sp³-hybridized carbons (Fsp3) is 0.318. The van der Waals surface area contributed by atoms with Crippen LogP contribution in [0.5, 0.6) is 5.75 Å². The molecule has 7 heteroatoms. The summed E-state index contributed by atoms with van der Waals surface area (Å²) < 4.78 is 7.35. The fourth-order valence-corrected chi connectivity index (χ4v) is 3.50. The number of rotatable bonds is 6. The summed E-state index contributed by atoms with van der Waals surface area (Å²) in [5.74, 6) is 1.57. The number of fused-ring (bicyclic) bond motifs is 2. The molecular formula is C22H25N5O2. The average Bonchev–Trinajstić information content (AvgIpc) is 3.05. The average molecular weight is 391 g/mol. The van der Waals surface area contributed by atoms with Crippen LogP contribution in [0.4, 0.5) is 5.82 Å². The lowest BCUT2D eigenvalue weighted by Gasteiger charge is -2.16. The van der Waals surface area contributed by atoms with Crippen molar-refractivity contribution in [2.45, 2.75) is 32.9 Å². The molecule has 0 atom stereocenters. The Morgan fingerprint density at radius 3 is 2.59 bits per heavy atom. The van der Waals surface area contributed by atoms with E-state index in [1.54, 1.807) is 18.5 Å². The molecule has 0 saturated heterocycles. The fourth-order valence-electron chi connectivity index (χ4n) is 3.50. The van der Waals surface area contributed by atoms with Gasteiger partial charge in [0, 0.05) is 12.6 Å². The minimum Gasteiger partial charge on any atom is -0.494 e. The van der Waals surface area contributed by atoms with Crippen LogP contribution in [0.3, 0.4) is 0 Å². The summed E-state index contributed by atoms with van der Waals surface area (Å²) in [5.41, 5.74) is 1.52. The molecule has 0 bridgehead atoms. The van der Waals surface area contributed by atoms with Crippen molar-refractivity contribution in [3.8, 4) is 17.0 Å². The molecule has 4 aromatic rings. The van der Waals surface area contributed by atoms with Gasteiger partial charge in [-0.15, -0.1) is 0 Å². The zero-order chi connectivity index (χ0) is 20.6. The third kappa shape index (κ3) is 3.73. The third-order valence-electron chi connectivity index (χ3n) is 4.70. The second kappa shape index (κ2) is 7.33. The van der Waals surface area contributed by atoms with Crippen molar-refractivity contribution in [1.82, 2.24) is 19.7 Å². The first-order valence-electron chi connectivity index (χ1n) is 9.68. The molecule has 4 rings (SSSR count). The highest BCUT2D eigenvalue weighted by atomic mass is 16.5. The Balaban J connectivity index is 1.89. The molecule has 7 nitrogen and oxygen atoms in total. The van der Waals surface area contributed by atoms with Gasteiger partial charge in [0.1, 0.15) is 23.6 Å². The molecule has 29 heavy (non-hydrogen) atoms. The van der Waals surface area contributed by atoms with Gasteiger partial charge in [0.25, 0.3) is 0 Å². The second-order valence-corrected chi connectivity index (χ2v) is 7.65. The Hall–Kier alpha value is -3.19. The molecule has 0 aliphatic rings. The van der Waals surface area contributed by atoms with Crippen molar-refractivity contribution in [3.05, 3.63) is 42.7 Å². The highest BCUT2D eigenvalue weighted by Crippen LogP contribution is 2.34. The summed E-state index contributed by atoms with van der Waals surface area (Å²) in [6.45, 7) is 6.46. The van der Waals surface area contributed by atoms with Crippen LogP contribution in [0.15, 0.2) is 42.7 Å². The maximum atomic E-state index is 10.3. The highest BCUT2D eigenvalue weighted by molar-refractivity contribution is 6.00. The molecule has 0 aliphatic carbocycles. The number of aliphatic hydroxyl groups is 1. The van der Waals surface area contributed by atoms with E-state index in [2.05, 4.69) is 33.5 Å². The summed E-state index contributed by atoms with van der Waals surface area (Å²) in [7, 11) is 1.83. The van der Waals surface area contributed by atoms with Crippen LogP contribution in [0.25, 0.3) is 33.1 Å². The van der Waals surface area contributed by atoms with Gasteiger partial charge in [0.05, 0.1) is 24.1 Å². The Morgan fingerprint density at radius 2 is 1.86 bits per heavy atom. The molecule has 0 spiro atoms. The van der Waals surface area contributed by atoms with E-state index in [1.807, 2.05) is 32.2 Å². The minimum atomic E-state index is -0.917. The van der Waals surface area contributed by atoms with Crippen LogP contribution in [0, 0.1) is 0 Å². The topological polar surface area (TPSA) is 85.1 Å². The van der Waals surface area contributed by atoms with E-state index < -0.39 is 5.60 Å². The van der Waals surface area contributed by atoms with Gasteiger partial charge in [-0.1, -0.05) is 18.2 Å². The molecule has 2 aromatic heterocycles. The molecular weight excluding hydrogens is 366 g/mol. The summed E-state index contributed by atoms with van der Waals surface area (Å²) >= 11 is 0. The zero-order valence-electron chi connectivity index (χ0n) is 17.1. The van der Waals surface area contributed by atoms with Gasteiger partial charge in [-0.05, 0) is 49.7 Å². The molecule has 0 unspecified atom stereocenters. The first kappa shape index (κ1) is 19.1. The predicted octanol–water partition coefficient (Wildman–Crippen LogP) is 3.86. The number of hydrogen-bond acceptors (Lipinski definition) is 6. The predicted molar refractivity (Wildman–Crippen MR) is 115 cm³/mol. The van der Waals surface area contributed by atoms with Crippen LogP contribution >= 0.6 is 0 Å². The van der Waals surface area contributed by atoms with Gasteiger partial charge in [0.15, 0.2) is 5.65 Å². The largest absolute Gasteiger partial charge is 0.494 e. The van der Waals surface area contributed by atoms with Gasteiger partial charge >= 0.3 is 0 Å². The van der Waals surface area contributed by atoms with E-state index in [-0.39, 0.29) is 0 Å². The van der Waals surface area contributed by atoms with E-state index in [0.29, 0.717) is 24.6 Å². The molecule has 150 valence electrons. The Bertz CT molecular complexity index is 1180. The Morgan fingerprint density at radius 1 is 1.10 bits per heavy atom. The lowest BCUT2D eigenvalue weighted by molar-refractivity contribution is 0.0590. The standard InChI is InChI=1S/C22H25N5O2/c1-5-29-17-9-8-14-10-16(7-6-15(14)11-17)19-18-20(23-4)24-13-25-21(18)27(26-19)12-22(2,3)28/h6-11,13,28H,5,12H2,1-4H3,(H,23,24,25). The summed E-state index contributed by atoms with van der Waals surface area (Å²) in [5, 5.41) is 21.3. The molecule has 2 N–H and O–H groups in total. The molecule has 0 fully saturated rings. The SMILES string of the molecule is CCOc1ccc2cc(-c3nn(CC(C)(C)O)c4ncnc(NC)c34)ccc2c1. The van der Waals surface area contributed by atoms with E-state index in [9.17, 15) is 5.11 Å². The third-order valence-corrected chi connectivity index (χ3v) is 4.70. The van der Waals surface area contributed by atoms with Crippen molar-refractivity contribution < 1.29 is 9.84 Å². The monoisotopic (exact) mass is 391 g/mol. The number of aromatic nitrogens is 4. The number of ether oxygens (including phenoxy) is 1. The smallest absolute Gasteiger partial charge is 0.164 e. The van der Waals surface area contributed by atoms with Crippen LogP contribution in [-0.2, 0) is 6.54 Å². The first-order chi connectivity index (χ1) is 13.9. The molecule has 2 aromatic carbocycles. The quantitative estimate of drug-likeness (QED) is 0.519. The highest BCUT2D eigenvalue weighted by Gasteiger charge is 2.22. The summed E-state index contributed by atoms with van der Waals surface area (Å²) in [6.07, 6.45) is 1.51. The van der Waals surface area contributed by atoms with Gasteiger partial charge in [-0.3, -0.25) is 0 Å². The maximum Gasteiger partial charge on any atom is 0.164 e. The first-order valence-corrected chi connectivity index (χ1v) is 9.68. The van der Waals surface area contributed by atoms with Crippen molar-refractivity contribution in [2.24, 2.45) is 0 Å². The van der Waals surface area contributed by atoms with E-state index in [0.717, 1.165) is 33.2 Å². The van der Waals surface area contributed by atoms with Gasteiger partial charge in [0.2, 0.25) is 0 Å². The molecule has 0 amide bonds. The lowest BCUT2D eigenvalue weighted by atomic mass is 10.0. The van der Waals surface area contributed by atoms with Gasteiger partial charge in [-0.2, -0.15) is 5.10 Å². The number of hydrogen-bond donors (Lipinski definition) is 2. The van der Waals surface area contributed by atoms with Crippen molar-refractivity contribution in [2.75, 3.05) is 19.0 Å². The van der Waals surface area contributed by atoms with Crippen LogP contribution < -0.4 is 10.1 Å². The van der Waals surface area contributed by atoms with Crippen molar-refractivity contribution in [1.29, 1.82) is 0 Å². The zero-order valence-corrected chi connectivity index (χ0v) is 17.1. The van der Waals surface area contributed by atoms with Crippen LogP contribution in [-0.4, -0.2) is 44.1 Å². The second-order valence-electron chi connectivity index (χ2n) is 7.65. The normalized spacial score (nSPS) is 11.9. The van der Waals surface area contributed by atoms with E-state index >= 15 is 0 Å². The molecule has 2 heterocycles. The number of nitrogens with one attached hydrogen (secondary N) is 1. The van der Waals surface area contributed by atoms with Crippen LogP contribution in [0.1, 0.15) is 20.8 Å². The molecule has 0 saturated carbocycles. The maximum absolute atomic E-state index is 10.3. The number of nitrogens with zero attached hydrogens (tertiary/aromatic N) is 4. The Labute approximate surface area is 169 Å². The van der Waals surface area contributed by atoms with E-state index in [1.165, 1.54) is 6.33 Å². The number of anilines is 1. The molecule has 0 radical (unpaired) electrons.